The summed E-state index contributed by atoms with van der Waals surface area (Å²) in [5, 5.41) is 0. The molecule has 0 atom stereocenters. The first-order valence-corrected chi connectivity index (χ1v) is 2.91. The van der Waals surface area contributed by atoms with E-state index in [2.05, 4.69) is 25.4 Å². The molecule has 0 amide bonds. The highest BCUT2D eigenvalue weighted by molar-refractivity contribution is 6.07. The molecule has 0 aliphatic rings. The van der Waals surface area contributed by atoms with Gasteiger partial charge in [-0.3, -0.25) is 4.29 Å². The number of rotatable bonds is 3. The zero-order valence-corrected chi connectivity index (χ0v) is 9.47. The molecule has 0 unspecified atom stereocenters. The van der Waals surface area contributed by atoms with E-state index in [0.29, 0.717) is 6.61 Å². The Morgan fingerprint density at radius 1 is 1.27 bits per heavy atom. The molecule has 74 valence electrons. The van der Waals surface area contributed by atoms with Gasteiger partial charge in [-0.25, -0.2) is 0 Å². The first-order chi connectivity index (χ1) is 3.56. The number of halogens is 3. The molecule has 0 aliphatic heterocycles. The molecule has 0 aromatic carbocycles. The van der Waals surface area contributed by atoms with Crippen LogP contribution < -0.4 is 18.6 Å². The second-order valence-corrected chi connectivity index (χ2v) is 3.05. The third-order valence-electron chi connectivity index (χ3n) is 0.839. The number of hydrogen-bond donors (Lipinski definition) is 1. The largest absolute Gasteiger partial charge is 1.00 e. The van der Waals surface area contributed by atoms with Crippen LogP contribution in [0.3, 0.4) is 0 Å². The van der Waals surface area contributed by atoms with Gasteiger partial charge < -0.3 is 23.0 Å². The second kappa shape index (κ2) is 10.8. The summed E-state index contributed by atoms with van der Waals surface area (Å²) >= 11 is 5.00. The van der Waals surface area contributed by atoms with Crippen molar-refractivity contribution in [2.75, 3.05) is 34.3 Å². The number of hydrogen-bond acceptors (Lipinski definition) is 2. The molecule has 0 rings (SSSR count). The van der Waals surface area contributed by atoms with E-state index in [1.54, 1.807) is 0 Å². The van der Waals surface area contributed by atoms with Gasteiger partial charge in [0.05, 0.1) is 33.0 Å². The fourth-order valence-corrected chi connectivity index (χ4v) is 0.377. The minimum absolute atomic E-state index is 0. The summed E-state index contributed by atoms with van der Waals surface area (Å²) in [6.07, 6.45) is 0. The van der Waals surface area contributed by atoms with E-state index in [9.17, 15) is 0 Å². The van der Waals surface area contributed by atoms with Crippen molar-refractivity contribution in [2.24, 2.45) is 0 Å². The molecule has 0 fully saturated rings. The van der Waals surface area contributed by atoms with Crippen molar-refractivity contribution < 1.29 is 21.2 Å². The van der Waals surface area contributed by atoms with Crippen molar-refractivity contribution in [3.8, 4) is 0 Å². The summed E-state index contributed by atoms with van der Waals surface area (Å²) in [6, 6.07) is 0. The predicted molar refractivity (Wildman–Crippen MR) is 47.0 cm³/mol. The zero-order valence-electron chi connectivity index (χ0n) is 7.14. The van der Waals surface area contributed by atoms with Crippen molar-refractivity contribution in [3.05, 3.63) is 0 Å². The highest BCUT2D eigenvalue weighted by Crippen LogP contribution is 1.89. The summed E-state index contributed by atoms with van der Waals surface area (Å²) in [4.78, 5) is 0. The number of quaternary nitrogens is 1. The quantitative estimate of drug-likeness (QED) is 0.594. The molecule has 0 aromatic heterocycles. The molecule has 3 nitrogen and oxygen atoms in total. The van der Waals surface area contributed by atoms with Crippen LogP contribution in [0.4, 0.5) is 0 Å². The molecule has 6 heteroatoms. The highest BCUT2D eigenvalue weighted by atomic mass is 35.5. The maximum absolute atomic E-state index is 5.00. The first kappa shape index (κ1) is 22.6. The lowest BCUT2D eigenvalue weighted by Crippen LogP contribution is -3.00. The minimum atomic E-state index is 0. The predicted octanol–water partition coefficient (Wildman–Crippen LogP) is -1.55. The molecule has 0 saturated carbocycles. The zero-order chi connectivity index (χ0) is 6.62. The van der Waals surface area contributed by atoms with Crippen molar-refractivity contribution in [1.82, 2.24) is 6.15 Å². The Labute approximate surface area is 86.2 Å². The topological polar surface area (TPSA) is 44.2 Å². The number of likely N-dealkylation sites (N-methyl/N-ethyl adjacent to an activating group) is 1. The third kappa shape index (κ3) is 24.9. The van der Waals surface area contributed by atoms with Gasteiger partial charge in [-0.1, -0.05) is 0 Å². The summed E-state index contributed by atoms with van der Waals surface area (Å²) in [7, 11) is 6.28. The maximum Gasteiger partial charge on any atom is 0.117 e. The van der Waals surface area contributed by atoms with Crippen molar-refractivity contribution in [1.29, 1.82) is 0 Å². The SMILES string of the molecule is C[N+](C)(C)CCOCl.Cl.N.[Cl-]. The molecule has 3 N–H and O–H groups in total. The van der Waals surface area contributed by atoms with Gasteiger partial charge in [-0.2, -0.15) is 0 Å². The van der Waals surface area contributed by atoms with E-state index in [-0.39, 0.29) is 31.0 Å². The Hall–Kier alpha value is 0.750. The van der Waals surface area contributed by atoms with Gasteiger partial charge in [-0.15, -0.1) is 12.4 Å². The van der Waals surface area contributed by atoms with Crippen LogP contribution in [0.5, 0.6) is 0 Å². The van der Waals surface area contributed by atoms with Crippen LogP contribution in [0.15, 0.2) is 0 Å². The third-order valence-corrected chi connectivity index (χ3v) is 0.994. The lowest BCUT2D eigenvalue weighted by atomic mass is 10.5. The van der Waals surface area contributed by atoms with Crippen LogP contribution in [0.1, 0.15) is 0 Å². The Balaban J connectivity index is -0.0000000817. The molecule has 0 aliphatic carbocycles. The van der Waals surface area contributed by atoms with E-state index in [1.807, 2.05) is 0 Å². The molecule has 0 aromatic rings. The van der Waals surface area contributed by atoms with Crippen LogP contribution in [0.2, 0.25) is 0 Å². The van der Waals surface area contributed by atoms with Crippen molar-refractivity contribution in [3.63, 3.8) is 0 Å². The lowest BCUT2D eigenvalue weighted by Gasteiger charge is -2.22. The molecule has 11 heavy (non-hydrogen) atoms. The Bertz CT molecular complexity index is 67.2. The van der Waals surface area contributed by atoms with Gasteiger partial charge in [0, 0.05) is 0 Å². The van der Waals surface area contributed by atoms with E-state index in [1.165, 1.54) is 0 Å². The smallest absolute Gasteiger partial charge is 0.117 e. The van der Waals surface area contributed by atoms with Gasteiger partial charge in [0.15, 0.2) is 0 Å². The maximum atomic E-state index is 5.00. The van der Waals surface area contributed by atoms with E-state index in [0.717, 1.165) is 11.0 Å². The fraction of sp³-hybridized carbons (Fsp3) is 1.00. The summed E-state index contributed by atoms with van der Waals surface area (Å²) in [6.45, 7) is 1.56. The molecular weight excluding hydrogens is 210 g/mol. The number of nitrogens with zero attached hydrogens (tertiary/aromatic N) is 1. The molecule has 0 radical (unpaired) electrons. The monoisotopic (exact) mass is 226 g/mol. The normalized spacial score (nSPS) is 8.73. The molecule has 0 bridgehead atoms. The fourth-order valence-electron chi connectivity index (χ4n) is 0.308. The van der Waals surface area contributed by atoms with Crippen LogP contribution >= 0.6 is 24.3 Å². The van der Waals surface area contributed by atoms with E-state index >= 15 is 0 Å². The van der Waals surface area contributed by atoms with Gasteiger partial charge >= 0.3 is 0 Å². The lowest BCUT2D eigenvalue weighted by molar-refractivity contribution is -0.870. The Morgan fingerprint density at radius 3 is 1.73 bits per heavy atom. The van der Waals surface area contributed by atoms with E-state index in [4.69, 9.17) is 11.9 Å². The second-order valence-electron chi connectivity index (χ2n) is 2.83. The van der Waals surface area contributed by atoms with Gasteiger partial charge in [-0.05, 0) is 0 Å². The van der Waals surface area contributed by atoms with Crippen LogP contribution in [0, 0.1) is 0 Å². The minimum Gasteiger partial charge on any atom is -1.00 e. The van der Waals surface area contributed by atoms with Gasteiger partial charge in [0.1, 0.15) is 13.2 Å². The van der Waals surface area contributed by atoms with E-state index < -0.39 is 0 Å². The average molecular weight is 228 g/mol. The Morgan fingerprint density at radius 2 is 1.64 bits per heavy atom. The van der Waals surface area contributed by atoms with Gasteiger partial charge in [0.25, 0.3) is 0 Å². The standard InChI is InChI=1S/C5H13ClNO.2ClH.H3N/c1-7(2,3)4-5-8-6;;;/h4-5H2,1-3H3;2*1H;1H3/q+1;;;/p-1. The Kier molecular flexibility index (Phi) is 22.1. The summed E-state index contributed by atoms with van der Waals surface area (Å²) in [5.41, 5.74) is 0. The first-order valence-electron chi connectivity index (χ1n) is 2.60. The van der Waals surface area contributed by atoms with Gasteiger partial charge in [0.2, 0.25) is 0 Å². The average Bonchev–Trinajstić information content (AvgIpc) is 1.59. The molecule has 0 heterocycles. The highest BCUT2D eigenvalue weighted by Gasteiger charge is 2.04. The van der Waals surface area contributed by atoms with Crippen molar-refractivity contribution >= 4 is 24.3 Å². The van der Waals surface area contributed by atoms with Crippen LogP contribution in [-0.4, -0.2) is 38.8 Å². The van der Waals surface area contributed by atoms with Crippen molar-refractivity contribution in [2.45, 2.75) is 0 Å². The summed E-state index contributed by atoms with van der Waals surface area (Å²) in [5.74, 6) is 0. The molecule has 0 saturated heterocycles. The molecular formula is C5H17Cl3N2O. The molecule has 0 spiro atoms. The summed E-state index contributed by atoms with van der Waals surface area (Å²) < 4.78 is 5.27. The van der Waals surface area contributed by atoms with Crippen LogP contribution in [-0.2, 0) is 4.29 Å². The van der Waals surface area contributed by atoms with Crippen LogP contribution in [0.25, 0.3) is 0 Å².